The van der Waals surface area contributed by atoms with Gasteiger partial charge in [0.2, 0.25) is 0 Å². The van der Waals surface area contributed by atoms with Crippen molar-refractivity contribution in [3.63, 3.8) is 0 Å². The molecule has 2 fully saturated rings. The van der Waals surface area contributed by atoms with E-state index >= 15 is 0 Å². The summed E-state index contributed by atoms with van der Waals surface area (Å²) >= 11 is 0. The quantitative estimate of drug-likeness (QED) is 0.476. The van der Waals surface area contributed by atoms with Crippen LogP contribution in [-0.2, 0) is 14.2 Å². The lowest BCUT2D eigenvalue weighted by atomic mass is 10.1. The second-order valence-electron chi connectivity index (χ2n) is 4.45. The van der Waals surface area contributed by atoms with Crippen LogP contribution in [-0.4, -0.2) is 61.1 Å². The van der Waals surface area contributed by atoms with Gasteiger partial charge < -0.3 is 24.4 Å². The summed E-state index contributed by atoms with van der Waals surface area (Å²) in [6, 6.07) is 0. The van der Waals surface area contributed by atoms with E-state index in [0.717, 1.165) is 26.1 Å². The molecule has 2 aliphatic heterocycles. The summed E-state index contributed by atoms with van der Waals surface area (Å²) in [6.45, 7) is 8.85. The van der Waals surface area contributed by atoms with E-state index in [1.807, 2.05) is 12.2 Å². The average molecular weight is 272 g/mol. The lowest BCUT2D eigenvalue weighted by Gasteiger charge is -2.20. The van der Waals surface area contributed by atoms with Gasteiger partial charge in [-0.05, 0) is 12.8 Å². The van der Waals surface area contributed by atoms with E-state index in [2.05, 4.69) is 13.2 Å². The minimum atomic E-state index is -0.125. The molecule has 0 bridgehead atoms. The number of hydrogen-bond acceptors (Lipinski definition) is 5. The molecule has 110 valence electrons. The lowest BCUT2D eigenvalue weighted by molar-refractivity contribution is -0.0343. The van der Waals surface area contributed by atoms with Gasteiger partial charge in [-0.1, -0.05) is 12.2 Å². The number of ether oxygens (including phenoxy) is 3. The Hall–Kier alpha value is -0.720. The SMILES string of the molecule is C=CCC(OC(CC=C)C1CO1)C1CO1.OCCO. The van der Waals surface area contributed by atoms with Crippen LogP contribution < -0.4 is 0 Å². The molecule has 19 heavy (non-hydrogen) atoms. The fourth-order valence-corrected chi connectivity index (χ4v) is 1.68. The molecule has 2 N–H and O–H groups in total. The fourth-order valence-electron chi connectivity index (χ4n) is 1.68. The molecule has 4 unspecified atom stereocenters. The van der Waals surface area contributed by atoms with Crippen molar-refractivity contribution in [2.75, 3.05) is 26.4 Å². The predicted octanol–water partition coefficient (Wildman–Crippen LogP) is 0.661. The molecular weight excluding hydrogens is 248 g/mol. The zero-order valence-electron chi connectivity index (χ0n) is 11.2. The van der Waals surface area contributed by atoms with Crippen molar-refractivity contribution >= 4 is 0 Å². The zero-order chi connectivity index (χ0) is 14.1. The summed E-state index contributed by atoms with van der Waals surface area (Å²) in [5.74, 6) is 0. The maximum absolute atomic E-state index is 7.62. The zero-order valence-corrected chi connectivity index (χ0v) is 11.2. The van der Waals surface area contributed by atoms with Crippen LogP contribution in [0.2, 0.25) is 0 Å². The Kier molecular flexibility index (Phi) is 7.93. The van der Waals surface area contributed by atoms with Crippen molar-refractivity contribution in [3.8, 4) is 0 Å². The minimum Gasteiger partial charge on any atom is -0.394 e. The summed E-state index contributed by atoms with van der Waals surface area (Å²) in [6.07, 6.45) is 6.23. The molecule has 0 spiro atoms. The third-order valence-corrected chi connectivity index (χ3v) is 2.80. The highest BCUT2D eigenvalue weighted by molar-refractivity contribution is 4.91. The van der Waals surface area contributed by atoms with Crippen LogP contribution in [0.1, 0.15) is 12.8 Å². The van der Waals surface area contributed by atoms with Crippen LogP contribution in [0.25, 0.3) is 0 Å². The highest BCUT2D eigenvalue weighted by Gasteiger charge is 2.39. The monoisotopic (exact) mass is 272 g/mol. The first-order valence-corrected chi connectivity index (χ1v) is 6.59. The molecular formula is C14H24O5. The van der Waals surface area contributed by atoms with Gasteiger partial charge >= 0.3 is 0 Å². The molecule has 0 aliphatic carbocycles. The molecule has 0 saturated carbocycles. The van der Waals surface area contributed by atoms with Crippen molar-refractivity contribution in [2.24, 2.45) is 0 Å². The number of aliphatic hydroxyl groups excluding tert-OH is 2. The van der Waals surface area contributed by atoms with Crippen LogP contribution in [0.4, 0.5) is 0 Å². The van der Waals surface area contributed by atoms with Gasteiger partial charge in [-0.2, -0.15) is 0 Å². The highest BCUT2D eigenvalue weighted by atomic mass is 16.6. The fraction of sp³-hybridized carbons (Fsp3) is 0.714. The number of rotatable bonds is 9. The molecule has 5 nitrogen and oxygen atoms in total. The first-order chi connectivity index (χ1) is 9.26. The first-order valence-electron chi connectivity index (χ1n) is 6.59. The Bertz CT molecular complexity index is 235. The van der Waals surface area contributed by atoms with Gasteiger partial charge in [-0.25, -0.2) is 0 Å². The Balaban J connectivity index is 0.000000399. The third-order valence-electron chi connectivity index (χ3n) is 2.80. The highest BCUT2D eigenvalue weighted by Crippen LogP contribution is 2.27. The average Bonchev–Trinajstić information content (AvgIpc) is 3.30. The summed E-state index contributed by atoms with van der Waals surface area (Å²) < 4.78 is 16.5. The molecule has 2 heterocycles. The number of hydrogen-bond donors (Lipinski definition) is 2. The predicted molar refractivity (Wildman–Crippen MR) is 71.9 cm³/mol. The van der Waals surface area contributed by atoms with Crippen molar-refractivity contribution in [1.82, 2.24) is 0 Å². The van der Waals surface area contributed by atoms with Gasteiger partial charge in [0.25, 0.3) is 0 Å². The van der Waals surface area contributed by atoms with Crippen LogP contribution in [0.5, 0.6) is 0 Å². The van der Waals surface area contributed by atoms with E-state index in [9.17, 15) is 0 Å². The third kappa shape index (κ3) is 6.84. The summed E-state index contributed by atoms with van der Waals surface area (Å²) in [7, 11) is 0. The minimum absolute atomic E-state index is 0.125. The molecule has 0 amide bonds. The maximum Gasteiger partial charge on any atom is 0.107 e. The smallest absolute Gasteiger partial charge is 0.107 e. The van der Waals surface area contributed by atoms with E-state index in [0.29, 0.717) is 0 Å². The second-order valence-corrected chi connectivity index (χ2v) is 4.45. The number of epoxide rings is 2. The van der Waals surface area contributed by atoms with Gasteiger partial charge in [-0.15, -0.1) is 13.2 Å². The van der Waals surface area contributed by atoms with E-state index < -0.39 is 0 Å². The van der Waals surface area contributed by atoms with Crippen LogP contribution in [0.3, 0.4) is 0 Å². The van der Waals surface area contributed by atoms with Crippen LogP contribution in [0.15, 0.2) is 25.3 Å². The molecule has 5 heteroatoms. The Morgan fingerprint density at radius 1 is 1.00 bits per heavy atom. The molecule has 2 rings (SSSR count). The van der Waals surface area contributed by atoms with Gasteiger partial charge in [0, 0.05) is 0 Å². The van der Waals surface area contributed by atoms with Crippen LogP contribution in [0, 0.1) is 0 Å². The standard InChI is InChI=1S/C12H18O3.C2H6O2/c1-3-5-9(11-7-13-11)15-10(6-4-2)12-8-14-12;3-1-2-4/h3-4,9-12H,1-2,5-8H2;3-4H,1-2H2. The van der Waals surface area contributed by atoms with Gasteiger partial charge in [0.05, 0.1) is 38.6 Å². The van der Waals surface area contributed by atoms with E-state index in [-0.39, 0.29) is 37.6 Å². The van der Waals surface area contributed by atoms with E-state index in [1.54, 1.807) is 0 Å². The Morgan fingerprint density at radius 2 is 1.37 bits per heavy atom. The Morgan fingerprint density at radius 3 is 1.58 bits per heavy atom. The van der Waals surface area contributed by atoms with Crippen molar-refractivity contribution in [2.45, 2.75) is 37.3 Å². The molecule has 2 aliphatic rings. The summed E-state index contributed by atoms with van der Waals surface area (Å²) in [5.41, 5.74) is 0. The molecule has 0 aromatic carbocycles. The van der Waals surface area contributed by atoms with E-state index in [1.165, 1.54) is 0 Å². The van der Waals surface area contributed by atoms with Crippen molar-refractivity contribution in [1.29, 1.82) is 0 Å². The molecule has 0 aromatic rings. The van der Waals surface area contributed by atoms with E-state index in [4.69, 9.17) is 24.4 Å². The van der Waals surface area contributed by atoms with Crippen molar-refractivity contribution < 1.29 is 24.4 Å². The normalized spacial score (nSPS) is 26.6. The lowest BCUT2D eigenvalue weighted by Crippen LogP contribution is -2.29. The van der Waals surface area contributed by atoms with Crippen molar-refractivity contribution in [3.05, 3.63) is 25.3 Å². The van der Waals surface area contributed by atoms with Crippen LogP contribution >= 0.6 is 0 Å². The summed E-state index contributed by atoms with van der Waals surface area (Å²) in [5, 5.41) is 15.2. The largest absolute Gasteiger partial charge is 0.394 e. The topological polar surface area (TPSA) is 74.8 Å². The first kappa shape index (κ1) is 16.3. The molecule has 0 radical (unpaired) electrons. The van der Waals surface area contributed by atoms with Gasteiger partial charge in [0.1, 0.15) is 12.2 Å². The summed E-state index contributed by atoms with van der Waals surface area (Å²) in [4.78, 5) is 0. The van der Waals surface area contributed by atoms with Gasteiger partial charge in [-0.3, -0.25) is 0 Å². The molecule has 4 atom stereocenters. The molecule has 0 aromatic heterocycles. The Labute approximate surface area is 114 Å². The number of aliphatic hydroxyl groups is 2. The second kappa shape index (κ2) is 9.23. The maximum atomic E-state index is 7.62. The van der Waals surface area contributed by atoms with Gasteiger partial charge in [0.15, 0.2) is 0 Å². The molecule has 2 saturated heterocycles.